The van der Waals surface area contributed by atoms with Gasteiger partial charge in [-0.3, -0.25) is 9.71 Å². The van der Waals surface area contributed by atoms with E-state index in [1.165, 1.54) is 11.7 Å². The van der Waals surface area contributed by atoms with E-state index in [4.69, 9.17) is 0 Å². The van der Waals surface area contributed by atoms with Gasteiger partial charge >= 0.3 is 0 Å². The van der Waals surface area contributed by atoms with E-state index in [0.717, 1.165) is 28.9 Å². The van der Waals surface area contributed by atoms with Crippen molar-refractivity contribution in [1.29, 1.82) is 0 Å². The Morgan fingerprint density at radius 2 is 2.26 bits per heavy atom. The van der Waals surface area contributed by atoms with Gasteiger partial charge in [0, 0.05) is 5.69 Å². The summed E-state index contributed by atoms with van der Waals surface area (Å²) in [6.45, 7) is 0. The Labute approximate surface area is 115 Å². The first-order valence-electron chi connectivity index (χ1n) is 5.78. The summed E-state index contributed by atoms with van der Waals surface area (Å²) in [6.07, 6.45) is 2.34. The standard InChI is InChI=1S/C12H12N2O3S2/c15-11-4-2-8-1-3-9(5-10(8)11)14-19(16,17)12-6-13-7-18-12/h1,3,5-7,11,14-15H,2,4H2. The van der Waals surface area contributed by atoms with Gasteiger partial charge in [0.05, 0.1) is 17.8 Å². The fraction of sp³-hybridized carbons (Fsp3) is 0.250. The van der Waals surface area contributed by atoms with E-state index in [0.29, 0.717) is 12.1 Å². The number of benzene rings is 1. The fourth-order valence-electron chi connectivity index (χ4n) is 2.19. The van der Waals surface area contributed by atoms with Crippen LogP contribution in [0.3, 0.4) is 0 Å². The molecule has 0 spiro atoms. The van der Waals surface area contributed by atoms with Crippen molar-refractivity contribution in [2.45, 2.75) is 23.2 Å². The van der Waals surface area contributed by atoms with E-state index in [-0.39, 0.29) is 4.21 Å². The third-order valence-electron chi connectivity index (χ3n) is 3.12. The molecule has 19 heavy (non-hydrogen) atoms. The fourth-order valence-corrected chi connectivity index (χ4v) is 4.03. The van der Waals surface area contributed by atoms with Crippen LogP contribution in [0.25, 0.3) is 0 Å². The summed E-state index contributed by atoms with van der Waals surface area (Å²) in [5, 5.41) is 9.80. The summed E-state index contributed by atoms with van der Waals surface area (Å²) in [4.78, 5) is 3.76. The number of anilines is 1. The molecular weight excluding hydrogens is 284 g/mol. The van der Waals surface area contributed by atoms with E-state index in [9.17, 15) is 13.5 Å². The van der Waals surface area contributed by atoms with Crippen LogP contribution in [-0.4, -0.2) is 18.5 Å². The Kier molecular flexibility index (Phi) is 3.04. The highest BCUT2D eigenvalue weighted by Crippen LogP contribution is 2.33. The van der Waals surface area contributed by atoms with Crippen molar-refractivity contribution in [3.63, 3.8) is 0 Å². The molecule has 2 N–H and O–H groups in total. The first-order chi connectivity index (χ1) is 9.06. The predicted molar refractivity (Wildman–Crippen MR) is 72.6 cm³/mol. The molecule has 5 nitrogen and oxygen atoms in total. The molecule has 0 saturated carbocycles. The van der Waals surface area contributed by atoms with Crippen LogP contribution in [0.4, 0.5) is 5.69 Å². The number of nitrogens with zero attached hydrogens (tertiary/aromatic N) is 1. The van der Waals surface area contributed by atoms with Crippen LogP contribution >= 0.6 is 11.3 Å². The first-order valence-corrected chi connectivity index (χ1v) is 8.15. The Morgan fingerprint density at radius 1 is 1.42 bits per heavy atom. The van der Waals surface area contributed by atoms with Crippen molar-refractivity contribution in [1.82, 2.24) is 4.98 Å². The highest BCUT2D eigenvalue weighted by Gasteiger charge is 2.22. The molecule has 1 aliphatic carbocycles. The van der Waals surface area contributed by atoms with Gasteiger partial charge in [0.1, 0.15) is 0 Å². The van der Waals surface area contributed by atoms with E-state index < -0.39 is 16.1 Å². The quantitative estimate of drug-likeness (QED) is 0.907. The molecule has 1 aliphatic rings. The van der Waals surface area contributed by atoms with Crippen molar-refractivity contribution >= 4 is 27.0 Å². The minimum Gasteiger partial charge on any atom is -0.388 e. The van der Waals surface area contributed by atoms with E-state index in [1.807, 2.05) is 6.07 Å². The number of hydrogen-bond acceptors (Lipinski definition) is 5. The predicted octanol–water partition coefficient (Wildman–Crippen LogP) is 1.92. The third kappa shape index (κ3) is 2.36. The summed E-state index contributed by atoms with van der Waals surface area (Å²) in [6, 6.07) is 5.27. The average molecular weight is 296 g/mol. The van der Waals surface area contributed by atoms with Gasteiger partial charge in [-0.1, -0.05) is 6.07 Å². The van der Waals surface area contributed by atoms with Gasteiger partial charge in [-0.05, 0) is 36.1 Å². The summed E-state index contributed by atoms with van der Waals surface area (Å²) < 4.78 is 26.8. The van der Waals surface area contributed by atoms with Crippen LogP contribution < -0.4 is 4.72 Å². The van der Waals surface area contributed by atoms with E-state index >= 15 is 0 Å². The maximum Gasteiger partial charge on any atom is 0.273 e. The summed E-state index contributed by atoms with van der Waals surface area (Å²) in [7, 11) is -3.58. The second-order valence-electron chi connectivity index (χ2n) is 4.39. The number of aliphatic hydroxyl groups is 1. The van der Waals surface area contributed by atoms with Crippen LogP contribution in [0.1, 0.15) is 23.7 Å². The number of aryl methyl sites for hydroxylation is 1. The maximum absolute atomic E-state index is 12.0. The zero-order chi connectivity index (χ0) is 13.5. The summed E-state index contributed by atoms with van der Waals surface area (Å²) >= 11 is 1.06. The summed E-state index contributed by atoms with van der Waals surface area (Å²) in [5.74, 6) is 0. The second-order valence-corrected chi connectivity index (χ2v) is 7.19. The largest absolute Gasteiger partial charge is 0.388 e. The Bertz CT molecular complexity index is 696. The molecule has 0 saturated heterocycles. The van der Waals surface area contributed by atoms with Gasteiger partial charge in [-0.15, -0.1) is 11.3 Å². The molecule has 0 amide bonds. The summed E-state index contributed by atoms with van der Waals surface area (Å²) in [5.41, 5.74) is 3.83. The van der Waals surface area contributed by atoms with Crippen LogP contribution in [0.15, 0.2) is 34.1 Å². The molecular formula is C12H12N2O3S2. The lowest BCUT2D eigenvalue weighted by Crippen LogP contribution is -2.11. The van der Waals surface area contributed by atoms with Gasteiger partial charge in [-0.25, -0.2) is 8.42 Å². The van der Waals surface area contributed by atoms with Gasteiger partial charge in [0.25, 0.3) is 10.0 Å². The number of aromatic nitrogens is 1. The molecule has 100 valence electrons. The monoisotopic (exact) mass is 296 g/mol. The number of hydrogen-bond donors (Lipinski definition) is 2. The lowest BCUT2D eigenvalue weighted by molar-refractivity contribution is 0.180. The molecule has 1 heterocycles. The number of nitrogens with one attached hydrogen (secondary N) is 1. The van der Waals surface area contributed by atoms with Gasteiger partial charge in [0.2, 0.25) is 0 Å². The zero-order valence-electron chi connectivity index (χ0n) is 9.91. The van der Waals surface area contributed by atoms with Crippen molar-refractivity contribution in [3.05, 3.63) is 41.0 Å². The van der Waals surface area contributed by atoms with E-state index in [2.05, 4.69) is 9.71 Å². The Balaban J connectivity index is 1.91. The smallest absolute Gasteiger partial charge is 0.273 e. The molecule has 1 atom stereocenters. The molecule has 3 rings (SSSR count). The van der Waals surface area contributed by atoms with Crippen molar-refractivity contribution in [2.24, 2.45) is 0 Å². The first kappa shape index (κ1) is 12.6. The zero-order valence-corrected chi connectivity index (χ0v) is 11.5. The highest BCUT2D eigenvalue weighted by molar-refractivity contribution is 7.94. The normalized spacial score (nSPS) is 18.3. The minimum absolute atomic E-state index is 0.175. The van der Waals surface area contributed by atoms with Crippen LogP contribution in [0, 0.1) is 0 Å². The van der Waals surface area contributed by atoms with Crippen LogP contribution in [0.2, 0.25) is 0 Å². The molecule has 0 fully saturated rings. The number of aliphatic hydroxyl groups excluding tert-OH is 1. The number of thiazole rings is 1. The van der Waals surface area contributed by atoms with Crippen molar-refractivity contribution < 1.29 is 13.5 Å². The molecule has 0 bridgehead atoms. The second kappa shape index (κ2) is 4.59. The lowest BCUT2D eigenvalue weighted by atomic mass is 10.1. The molecule has 1 unspecified atom stereocenters. The topological polar surface area (TPSA) is 79.3 Å². The van der Waals surface area contributed by atoms with Crippen LogP contribution in [-0.2, 0) is 16.4 Å². The van der Waals surface area contributed by atoms with Gasteiger partial charge in [0.15, 0.2) is 4.21 Å². The van der Waals surface area contributed by atoms with Gasteiger partial charge in [-0.2, -0.15) is 0 Å². The molecule has 0 radical (unpaired) electrons. The van der Waals surface area contributed by atoms with Gasteiger partial charge < -0.3 is 5.11 Å². The molecule has 1 aromatic carbocycles. The number of rotatable bonds is 3. The molecule has 1 aromatic heterocycles. The van der Waals surface area contributed by atoms with E-state index in [1.54, 1.807) is 12.1 Å². The van der Waals surface area contributed by atoms with Crippen molar-refractivity contribution in [2.75, 3.05) is 4.72 Å². The third-order valence-corrected chi connectivity index (χ3v) is 5.77. The number of sulfonamides is 1. The Morgan fingerprint density at radius 3 is 3.00 bits per heavy atom. The van der Waals surface area contributed by atoms with Crippen LogP contribution in [0.5, 0.6) is 0 Å². The van der Waals surface area contributed by atoms with Crippen molar-refractivity contribution in [3.8, 4) is 0 Å². The SMILES string of the molecule is O=S(=O)(Nc1ccc2c(c1)C(O)CC2)c1cncs1. The number of fused-ring (bicyclic) bond motifs is 1. The Hall–Kier alpha value is -1.44. The highest BCUT2D eigenvalue weighted by atomic mass is 32.2. The average Bonchev–Trinajstić information content (AvgIpc) is 3.00. The molecule has 0 aliphatic heterocycles. The molecule has 7 heteroatoms. The minimum atomic E-state index is -3.58. The molecule has 2 aromatic rings. The maximum atomic E-state index is 12.0. The lowest BCUT2D eigenvalue weighted by Gasteiger charge is -2.09.